The summed E-state index contributed by atoms with van der Waals surface area (Å²) in [6.45, 7) is 10.4. The number of carbonyl (C=O) groups is 2. The van der Waals surface area contributed by atoms with Gasteiger partial charge in [-0.25, -0.2) is 0 Å². The number of rotatable bonds is 10. The van der Waals surface area contributed by atoms with Crippen LogP contribution in [0.3, 0.4) is 0 Å². The lowest BCUT2D eigenvalue weighted by molar-refractivity contribution is -0.164. The van der Waals surface area contributed by atoms with Crippen molar-refractivity contribution < 1.29 is 24.2 Å². The van der Waals surface area contributed by atoms with E-state index >= 15 is 0 Å². The fourth-order valence-corrected chi connectivity index (χ4v) is 4.80. The molecule has 0 amide bonds. The summed E-state index contributed by atoms with van der Waals surface area (Å²) in [4.78, 5) is 24.2. The molecule has 2 aliphatic rings. The largest absolute Gasteiger partial charge is 0.469 e. The van der Waals surface area contributed by atoms with Crippen molar-refractivity contribution in [2.75, 3.05) is 7.11 Å². The van der Waals surface area contributed by atoms with Gasteiger partial charge in [-0.05, 0) is 62.9 Å². The maximum absolute atomic E-state index is 12.9. The van der Waals surface area contributed by atoms with Crippen LogP contribution in [0.5, 0.6) is 0 Å². The van der Waals surface area contributed by atoms with Crippen LogP contribution < -0.4 is 0 Å². The number of aliphatic hydroxyl groups excluding tert-OH is 1. The molecule has 0 saturated heterocycles. The Hall–Kier alpha value is -1.62. The van der Waals surface area contributed by atoms with Crippen LogP contribution in [0, 0.1) is 29.1 Å². The zero-order valence-corrected chi connectivity index (χ0v) is 20.2. The van der Waals surface area contributed by atoms with Gasteiger partial charge in [0.25, 0.3) is 0 Å². The Morgan fingerprint density at radius 1 is 1.26 bits per heavy atom. The number of methoxy groups -OCH3 is 1. The molecule has 0 aromatic carbocycles. The summed E-state index contributed by atoms with van der Waals surface area (Å²) in [5.41, 5.74) is 0.839. The van der Waals surface area contributed by atoms with Gasteiger partial charge in [0.2, 0.25) is 0 Å². The number of fused-ring (bicyclic) bond motifs is 1. The highest BCUT2D eigenvalue weighted by molar-refractivity contribution is 5.76. The maximum atomic E-state index is 12.9. The lowest BCUT2D eigenvalue weighted by Crippen LogP contribution is -2.42. The highest BCUT2D eigenvalue weighted by atomic mass is 16.5. The van der Waals surface area contributed by atoms with Crippen LogP contribution in [-0.4, -0.2) is 36.4 Å². The van der Waals surface area contributed by atoms with E-state index in [-0.39, 0.29) is 30.4 Å². The molecule has 0 aromatic heterocycles. The smallest absolute Gasteiger partial charge is 0.311 e. The highest BCUT2D eigenvalue weighted by Crippen LogP contribution is 2.45. The molecule has 176 valence electrons. The SMILES string of the molecule is CCC(C)(C)C(=O)O[C@H]1C[C@@H](C)C=C2C=C[C@H](C)[C@H](CCCC[C@@H](O)CC(=O)OC)[C@H]21. The Bertz CT molecular complexity index is 677. The molecule has 0 bridgehead atoms. The fraction of sp³-hybridized carbons (Fsp3) is 0.769. The van der Waals surface area contributed by atoms with Crippen LogP contribution in [0.25, 0.3) is 0 Å². The van der Waals surface area contributed by atoms with Crippen molar-refractivity contribution in [2.24, 2.45) is 29.1 Å². The number of hydrogen-bond donors (Lipinski definition) is 1. The molecular weight excluding hydrogens is 392 g/mol. The number of unbranched alkanes of at least 4 members (excludes halogenated alkanes) is 1. The molecule has 0 radical (unpaired) electrons. The molecule has 2 aliphatic carbocycles. The van der Waals surface area contributed by atoms with Crippen molar-refractivity contribution in [1.29, 1.82) is 0 Å². The average molecular weight is 435 g/mol. The number of allylic oxidation sites excluding steroid dienone is 3. The molecule has 0 heterocycles. The third kappa shape index (κ3) is 6.93. The first-order valence-corrected chi connectivity index (χ1v) is 11.9. The quantitative estimate of drug-likeness (QED) is 0.377. The molecule has 1 N–H and O–H groups in total. The van der Waals surface area contributed by atoms with Gasteiger partial charge in [-0.3, -0.25) is 9.59 Å². The van der Waals surface area contributed by atoms with E-state index in [1.807, 2.05) is 20.8 Å². The number of carbonyl (C=O) groups excluding carboxylic acids is 2. The predicted molar refractivity (Wildman–Crippen MR) is 122 cm³/mol. The number of ether oxygens (including phenoxy) is 2. The average Bonchev–Trinajstić information content (AvgIpc) is 2.72. The standard InChI is InChI=1S/C26H42O5/c1-7-26(4,5)25(29)31-22-15-17(2)14-19-13-12-18(3)21(24(19)22)11-9-8-10-20(27)16-23(28)30-6/h12-14,17-18,20-22,24,27H,7-11,15-16H2,1-6H3/t17-,18-,20+,21-,22-,24-/m0/s1. The summed E-state index contributed by atoms with van der Waals surface area (Å²) in [6, 6.07) is 0. The summed E-state index contributed by atoms with van der Waals surface area (Å²) < 4.78 is 10.8. The van der Waals surface area contributed by atoms with Gasteiger partial charge in [0.15, 0.2) is 0 Å². The third-order valence-electron chi connectivity index (χ3n) is 7.25. The zero-order chi connectivity index (χ0) is 23.2. The normalized spacial score (nSPS) is 29.0. The van der Waals surface area contributed by atoms with Crippen LogP contribution in [0.1, 0.15) is 79.6 Å². The molecule has 0 unspecified atom stereocenters. The minimum atomic E-state index is -0.646. The van der Waals surface area contributed by atoms with Crippen molar-refractivity contribution in [2.45, 2.75) is 91.8 Å². The fourth-order valence-electron chi connectivity index (χ4n) is 4.80. The number of esters is 2. The highest BCUT2D eigenvalue weighted by Gasteiger charge is 2.42. The molecular formula is C26H42O5. The first-order valence-electron chi connectivity index (χ1n) is 11.9. The number of aliphatic hydroxyl groups is 1. The first kappa shape index (κ1) is 25.6. The second kappa shape index (κ2) is 11.3. The third-order valence-corrected chi connectivity index (χ3v) is 7.25. The van der Waals surface area contributed by atoms with E-state index in [0.29, 0.717) is 24.2 Å². The Labute approximate surface area is 188 Å². The van der Waals surface area contributed by atoms with Gasteiger partial charge in [-0.1, -0.05) is 51.8 Å². The van der Waals surface area contributed by atoms with E-state index in [1.54, 1.807) is 0 Å². The molecule has 0 spiro atoms. The van der Waals surface area contributed by atoms with Crippen molar-refractivity contribution in [1.82, 2.24) is 0 Å². The Kier molecular flexibility index (Phi) is 9.35. The topological polar surface area (TPSA) is 72.8 Å². The van der Waals surface area contributed by atoms with Gasteiger partial charge < -0.3 is 14.6 Å². The van der Waals surface area contributed by atoms with Crippen LogP contribution in [0.2, 0.25) is 0 Å². The lowest BCUT2D eigenvalue weighted by Gasteiger charge is -2.43. The Morgan fingerprint density at radius 2 is 1.97 bits per heavy atom. The zero-order valence-electron chi connectivity index (χ0n) is 20.2. The first-order chi connectivity index (χ1) is 14.6. The Balaban J connectivity index is 2.04. The summed E-state index contributed by atoms with van der Waals surface area (Å²) >= 11 is 0. The minimum Gasteiger partial charge on any atom is -0.469 e. The molecule has 5 heteroatoms. The summed E-state index contributed by atoms with van der Waals surface area (Å²) in [5.74, 6) is 0.971. The summed E-state index contributed by atoms with van der Waals surface area (Å²) in [6.07, 6.45) is 11.2. The van der Waals surface area contributed by atoms with Gasteiger partial charge in [0.05, 0.1) is 25.0 Å². The molecule has 0 saturated carbocycles. The Morgan fingerprint density at radius 3 is 2.61 bits per heavy atom. The second-order valence-corrected chi connectivity index (χ2v) is 10.2. The minimum absolute atomic E-state index is 0.0533. The molecule has 0 fully saturated rings. The number of hydrogen-bond acceptors (Lipinski definition) is 5. The molecule has 0 aliphatic heterocycles. The second-order valence-electron chi connectivity index (χ2n) is 10.2. The maximum Gasteiger partial charge on any atom is 0.311 e. The van der Waals surface area contributed by atoms with Gasteiger partial charge in [0.1, 0.15) is 6.10 Å². The van der Waals surface area contributed by atoms with Crippen molar-refractivity contribution in [3.05, 3.63) is 23.8 Å². The van der Waals surface area contributed by atoms with Gasteiger partial charge in [0, 0.05) is 5.92 Å². The van der Waals surface area contributed by atoms with E-state index in [2.05, 4.69) is 36.8 Å². The molecule has 31 heavy (non-hydrogen) atoms. The lowest BCUT2D eigenvalue weighted by atomic mass is 9.65. The molecule has 0 aromatic rings. The van der Waals surface area contributed by atoms with E-state index in [4.69, 9.17) is 4.74 Å². The van der Waals surface area contributed by atoms with E-state index in [0.717, 1.165) is 32.1 Å². The van der Waals surface area contributed by atoms with Crippen molar-refractivity contribution in [3.8, 4) is 0 Å². The molecule has 2 rings (SSSR count). The van der Waals surface area contributed by atoms with Crippen LogP contribution >= 0.6 is 0 Å². The van der Waals surface area contributed by atoms with Gasteiger partial charge >= 0.3 is 11.9 Å². The molecule has 5 nitrogen and oxygen atoms in total. The van der Waals surface area contributed by atoms with Gasteiger partial charge in [-0.15, -0.1) is 0 Å². The van der Waals surface area contributed by atoms with Crippen LogP contribution in [0.4, 0.5) is 0 Å². The monoisotopic (exact) mass is 434 g/mol. The van der Waals surface area contributed by atoms with Gasteiger partial charge in [-0.2, -0.15) is 0 Å². The van der Waals surface area contributed by atoms with Crippen molar-refractivity contribution in [3.63, 3.8) is 0 Å². The van der Waals surface area contributed by atoms with E-state index in [1.165, 1.54) is 12.7 Å². The van der Waals surface area contributed by atoms with Crippen molar-refractivity contribution >= 4 is 11.9 Å². The van der Waals surface area contributed by atoms with Crippen LogP contribution in [0.15, 0.2) is 23.8 Å². The van der Waals surface area contributed by atoms with E-state index in [9.17, 15) is 14.7 Å². The predicted octanol–water partition coefficient (Wildman–Crippen LogP) is 5.22. The van der Waals surface area contributed by atoms with Crippen LogP contribution in [-0.2, 0) is 19.1 Å². The summed E-state index contributed by atoms with van der Waals surface area (Å²) in [5, 5.41) is 10.0. The van der Waals surface area contributed by atoms with E-state index < -0.39 is 11.5 Å². The summed E-state index contributed by atoms with van der Waals surface area (Å²) in [7, 11) is 1.34. The molecule has 6 atom stereocenters.